The quantitative estimate of drug-likeness (QED) is 0.186. The number of ether oxygens (including phenoxy) is 3. The van der Waals surface area contributed by atoms with Crippen LogP contribution in [-0.4, -0.2) is 58.0 Å². The van der Waals surface area contributed by atoms with Gasteiger partial charge in [-0.05, 0) is 103 Å². The van der Waals surface area contributed by atoms with Crippen LogP contribution in [0.1, 0.15) is 66.9 Å². The number of allylic oxidation sites excluding steroid dienone is 2. The number of aromatic nitrogens is 2. The van der Waals surface area contributed by atoms with E-state index in [0.717, 1.165) is 24.0 Å². The summed E-state index contributed by atoms with van der Waals surface area (Å²) >= 11 is 0. The number of hydrogen-bond donors (Lipinski definition) is 1. The van der Waals surface area contributed by atoms with Gasteiger partial charge in [-0.25, -0.2) is 19.0 Å². The van der Waals surface area contributed by atoms with Gasteiger partial charge in [0.1, 0.15) is 28.7 Å². The number of piperidine rings is 1. The monoisotopic (exact) mass is 664 g/mol. The Hall–Kier alpha value is -5.50. The molecule has 1 aliphatic heterocycles. The molecule has 4 aromatic rings. The minimum Gasteiger partial charge on any atom is -0.494 e. The van der Waals surface area contributed by atoms with Gasteiger partial charge in [-0.1, -0.05) is 30.3 Å². The van der Waals surface area contributed by atoms with E-state index >= 15 is 0 Å². The lowest BCUT2D eigenvalue weighted by atomic mass is 9.97. The van der Waals surface area contributed by atoms with Crippen LogP contribution in [0.15, 0.2) is 78.2 Å². The minimum absolute atomic E-state index is 0.221. The Balaban J connectivity index is 1.72. The van der Waals surface area contributed by atoms with E-state index in [2.05, 4.69) is 16.5 Å². The zero-order valence-electron chi connectivity index (χ0n) is 29.2. The normalized spacial score (nSPS) is 14.5. The van der Waals surface area contributed by atoms with Crippen molar-refractivity contribution in [2.24, 2.45) is 0 Å². The fourth-order valence-corrected chi connectivity index (χ4v) is 5.72. The summed E-state index contributed by atoms with van der Waals surface area (Å²) in [5, 5.41) is 19.0. The molecule has 1 unspecified atom stereocenters. The third kappa shape index (κ3) is 7.81. The number of amides is 2. The number of carbonyl (C=O) groups excluding carboxylic acids is 2. The number of nitrogens with one attached hydrogen (secondary N) is 1. The standard InChI is InChI=1S/C38H44N6O5/c1-8-47-30-18-16-29(17-19-30)43(37(46)49-38(5,6)7)35-33(27-13-10-9-11-14-27)34(31(23-39)32-20-21-40-44(32)35)41-28-15-12-22-42(24-28)36(45)48-26(4)25(2)3/h9-11,13-14,16-21,28,41H,8,12,15,22,24H2,1-7H3. The summed E-state index contributed by atoms with van der Waals surface area (Å²) in [6.45, 7) is 14.3. The summed E-state index contributed by atoms with van der Waals surface area (Å²) in [7, 11) is 0. The number of rotatable bonds is 8. The molecule has 0 spiro atoms. The van der Waals surface area contributed by atoms with Crippen LogP contribution >= 0.6 is 0 Å². The van der Waals surface area contributed by atoms with Crippen LogP contribution in [0.2, 0.25) is 0 Å². The molecular weight excluding hydrogens is 620 g/mol. The summed E-state index contributed by atoms with van der Waals surface area (Å²) < 4.78 is 18.9. The average molecular weight is 665 g/mol. The van der Waals surface area contributed by atoms with Crippen LogP contribution in [0.3, 0.4) is 0 Å². The Morgan fingerprint density at radius 1 is 1.06 bits per heavy atom. The summed E-state index contributed by atoms with van der Waals surface area (Å²) in [5.74, 6) is 1.62. The number of pyridine rings is 1. The van der Waals surface area contributed by atoms with Gasteiger partial charge in [0.2, 0.25) is 0 Å². The molecule has 2 aromatic carbocycles. The second-order valence-electron chi connectivity index (χ2n) is 13.2. The second kappa shape index (κ2) is 14.7. The van der Waals surface area contributed by atoms with Crippen molar-refractivity contribution in [1.82, 2.24) is 14.5 Å². The van der Waals surface area contributed by atoms with E-state index in [9.17, 15) is 14.9 Å². The van der Waals surface area contributed by atoms with E-state index in [1.165, 1.54) is 4.90 Å². The molecule has 256 valence electrons. The molecule has 2 aromatic heterocycles. The lowest BCUT2D eigenvalue weighted by molar-refractivity contribution is 0.0597. The topological polar surface area (TPSA) is 121 Å². The van der Waals surface area contributed by atoms with Crippen molar-refractivity contribution in [2.75, 3.05) is 29.9 Å². The van der Waals surface area contributed by atoms with E-state index in [4.69, 9.17) is 14.2 Å². The average Bonchev–Trinajstić information content (AvgIpc) is 3.55. The van der Waals surface area contributed by atoms with E-state index in [-0.39, 0.29) is 6.04 Å². The highest BCUT2D eigenvalue weighted by molar-refractivity contribution is 6.05. The predicted octanol–water partition coefficient (Wildman–Crippen LogP) is 8.67. The summed E-state index contributed by atoms with van der Waals surface area (Å²) in [4.78, 5) is 30.6. The van der Waals surface area contributed by atoms with Gasteiger partial charge in [0, 0.05) is 24.7 Å². The maximum atomic E-state index is 14.3. The van der Waals surface area contributed by atoms with Crippen molar-refractivity contribution in [2.45, 2.75) is 73.0 Å². The number of hydrogen-bond acceptors (Lipinski definition) is 8. The number of benzene rings is 2. The first-order valence-corrected chi connectivity index (χ1v) is 16.5. The SMILES string of the molecule is CCOc1ccc(N(C(=O)OC(C)(C)C)c2c(-c3ccccc3)c(NC3CCCN(C(=O)OC(C)=C(C)C)C3)c(C#N)c3ccnn23)cc1. The summed E-state index contributed by atoms with van der Waals surface area (Å²) in [5.41, 5.74) is 3.35. The molecule has 0 bridgehead atoms. The molecule has 1 fully saturated rings. The largest absolute Gasteiger partial charge is 0.494 e. The lowest BCUT2D eigenvalue weighted by Gasteiger charge is -2.35. The molecule has 5 rings (SSSR count). The number of nitrogens with zero attached hydrogens (tertiary/aromatic N) is 5. The van der Waals surface area contributed by atoms with Crippen molar-refractivity contribution in [3.63, 3.8) is 0 Å². The van der Waals surface area contributed by atoms with Gasteiger partial charge < -0.3 is 24.4 Å². The van der Waals surface area contributed by atoms with Crippen LogP contribution in [0.5, 0.6) is 5.75 Å². The van der Waals surface area contributed by atoms with Crippen LogP contribution in [0, 0.1) is 11.3 Å². The van der Waals surface area contributed by atoms with E-state index in [0.29, 0.717) is 65.0 Å². The van der Waals surface area contributed by atoms with Crippen molar-refractivity contribution >= 4 is 34.9 Å². The molecule has 1 aliphatic rings. The molecule has 1 N–H and O–H groups in total. The van der Waals surface area contributed by atoms with Gasteiger partial charge in [0.25, 0.3) is 0 Å². The highest BCUT2D eigenvalue weighted by atomic mass is 16.6. The number of likely N-dealkylation sites (tertiary alicyclic amines) is 1. The molecule has 0 saturated carbocycles. The second-order valence-corrected chi connectivity index (χ2v) is 13.2. The van der Waals surface area contributed by atoms with Gasteiger partial charge in [0.05, 0.1) is 29.7 Å². The smallest absolute Gasteiger partial charge is 0.420 e. The Morgan fingerprint density at radius 3 is 2.41 bits per heavy atom. The van der Waals surface area contributed by atoms with E-state index < -0.39 is 17.8 Å². The number of nitriles is 1. The third-order valence-electron chi connectivity index (χ3n) is 8.16. The van der Waals surface area contributed by atoms with Crippen LogP contribution < -0.4 is 15.0 Å². The molecule has 0 aliphatic carbocycles. The Kier molecular flexibility index (Phi) is 10.5. The molecular formula is C38H44N6O5. The molecule has 11 nitrogen and oxygen atoms in total. The molecule has 1 saturated heterocycles. The highest BCUT2D eigenvalue weighted by Crippen LogP contribution is 2.45. The molecule has 1 atom stereocenters. The predicted molar refractivity (Wildman–Crippen MR) is 190 cm³/mol. The molecule has 0 radical (unpaired) electrons. The van der Waals surface area contributed by atoms with Crippen LogP contribution in [0.4, 0.5) is 26.8 Å². The van der Waals surface area contributed by atoms with Gasteiger partial charge in [-0.15, -0.1) is 0 Å². The summed E-state index contributed by atoms with van der Waals surface area (Å²) in [6, 6.07) is 20.7. The number of fused-ring (bicyclic) bond motifs is 1. The Bertz CT molecular complexity index is 1880. The van der Waals surface area contributed by atoms with E-state index in [1.807, 2.05) is 71.9 Å². The number of anilines is 3. The first-order valence-electron chi connectivity index (χ1n) is 16.5. The van der Waals surface area contributed by atoms with Crippen LogP contribution in [-0.2, 0) is 9.47 Å². The van der Waals surface area contributed by atoms with Crippen molar-refractivity contribution in [1.29, 1.82) is 5.26 Å². The molecule has 2 amide bonds. The van der Waals surface area contributed by atoms with Gasteiger partial charge in [-0.2, -0.15) is 10.4 Å². The minimum atomic E-state index is -0.811. The van der Waals surface area contributed by atoms with E-state index in [1.54, 1.807) is 52.9 Å². The maximum Gasteiger partial charge on any atom is 0.420 e. The first kappa shape index (κ1) is 34.8. The zero-order valence-corrected chi connectivity index (χ0v) is 29.2. The zero-order chi connectivity index (χ0) is 35.3. The van der Waals surface area contributed by atoms with Crippen molar-refractivity contribution in [3.05, 3.63) is 83.8 Å². The van der Waals surface area contributed by atoms with Gasteiger partial charge in [-0.3, -0.25) is 0 Å². The molecule has 49 heavy (non-hydrogen) atoms. The Labute approximate surface area is 287 Å². The first-order chi connectivity index (χ1) is 23.4. The maximum absolute atomic E-state index is 14.3. The Morgan fingerprint density at radius 2 is 1.78 bits per heavy atom. The lowest BCUT2D eigenvalue weighted by Crippen LogP contribution is -2.45. The fraction of sp³-hybridized carbons (Fsp3) is 0.368. The number of carbonyl (C=O) groups is 2. The van der Waals surface area contributed by atoms with Gasteiger partial charge >= 0.3 is 12.2 Å². The summed E-state index contributed by atoms with van der Waals surface area (Å²) in [6.07, 6.45) is 2.06. The fourth-order valence-electron chi connectivity index (χ4n) is 5.72. The van der Waals surface area contributed by atoms with Gasteiger partial charge in [0.15, 0.2) is 5.82 Å². The molecule has 11 heteroatoms. The van der Waals surface area contributed by atoms with Crippen molar-refractivity contribution < 1.29 is 23.8 Å². The highest BCUT2D eigenvalue weighted by Gasteiger charge is 2.34. The van der Waals surface area contributed by atoms with Crippen molar-refractivity contribution in [3.8, 4) is 22.9 Å². The third-order valence-corrected chi connectivity index (χ3v) is 8.16. The van der Waals surface area contributed by atoms with Crippen LogP contribution in [0.25, 0.3) is 16.6 Å². The molecule has 3 heterocycles.